The number of carbonyl (C=O) groups is 1. The first-order valence-electron chi connectivity index (χ1n) is 5.07. The van der Waals surface area contributed by atoms with E-state index in [0.717, 1.165) is 5.56 Å². The standard InChI is InChI=1S/C13H13NO2/c1-9(2)11-14-13(3,12(15)16-11)10-7-5-4-6-8-10/h4-8H,1H2,2-3H3. The van der Waals surface area contributed by atoms with Crippen LogP contribution in [0.15, 0.2) is 47.5 Å². The molecule has 0 aliphatic carbocycles. The second kappa shape index (κ2) is 3.59. The molecular weight excluding hydrogens is 202 g/mol. The van der Waals surface area contributed by atoms with Gasteiger partial charge in [0.05, 0.1) is 0 Å². The Bertz CT molecular complexity index is 476. The Balaban J connectivity index is 2.47. The summed E-state index contributed by atoms with van der Waals surface area (Å²) in [5.41, 5.74) is 0.555. The molecule has 1 aliphatic heterocycles. The number of rotatable bonds is 2. The molecule has 1 atom stereocenters. The molecule has 0 saturated carbocycles. The predicted molar refractivity (Wildman–Crippen MR) is 62.1 cm³/mol. The zero-order chi connectivity index (χ0) is 11.8. The molecule has 0 spiro atoms. The summed E-state index contributed by atoms with van der Waals surface area (Å²) in [6, 6.07) is 9.39. The molecule has 1 unspecified atom stereocenters. The Morgan fingerprint density at radius 3 is 2.50 bits per heavy atom. The Hall–Kier alpha value is -1.90. The highest BCUT2D eigenvalue weighted by Crippen LogP contribution is 2.32. The monoisotopic (exact) mass is 215 g/mol. The number of aliphatic imine (C=N–C) groups is 1. The molecule has 0 aromatic heterocycles. The smallest absolute Gasteiger partial charge is 0.345 e. The van der Waals surface area contributed by atoms with Crippen molar-refractivity contribution in [3.63, 3.8) is 0 Å². The van der Waals surface area contributed by atoms with E-state index >= 15 is 0 Å². The topological polar surface area (TPSA) is 38.7 Å². The highest BCUT2D eigenvalue weighted by Gasteiger charge is 2.43. The van der Waals surface area contributed by atoms with E-state index in [1.807, 2.05) is 30.3 Å². The maximum Gasteiger partial charge on any atom is 0.345 e. The van der Waals surface area contributed by atoms with Crippen LogP contribution in [0.4, 0.5) is 0 Å². The highest BCUT2D eigenvalue weighted by molar-refractivity contribution is 6.07. The maximum atomic E-state index is 11.8. The third-order valence-electron chi connectivity index (χ3n) is 2.61. The summed E-state index contributed by atoms with van der Waals surface area (Å²) in [6.07, 6.45) is 0. The molecule has 1 heterocycles. The van der Waals surface area contributed by atoms with E-state index in [4.69, 9.17) is 4.74 Å². The normalized spacial score (nSPS) is 23.9. The van der Waals surface area contributed by atoms with Crippen LogP contribution < -0.4 is 0 Å². The van der Waals surface area contributed by atoms with Crippen molar-refractivity contribution in [2.24, 2.45) is 4.99 Å². The molecule has 0 fully saturated rings. The van der Waals surface area contributed by atoms with Gasteiger partial charge in [0.1, 0.15) is 0 Å². The van der Waals surface area contributed by atoms with Crippen LogP contribution in [0.1, 0.15) is 19.4 Å². The van der Waals surface area contributed by atoms with Crippen molar-refractivity contribution in [1.82, 2.24) is 0 Å². The third-order valence-corrected chi connectivity index (χ3v) is 2.61. The number of cyclic esters (lactones) is 1. The van der Waals surface area contributed by atoms with Crippen LogP contribution in [0.2, 0.25) is 0 Å². The lowest BCUT2D eigenvalue weighted by atomic mass is 9.93. The Kier molecular flexibility index (Phi) is 2.38. The number of benzene rings is 1. The van der Waals surface area contributed by atoms with Crippen molar-refractivity contribution in [3.8, 4) is 0 Å². The molecule has 0 saturated heterocycles. The van der Waals surface area contributed by atoms with Crippen molar-refractivity contribution in [3.05, 3.63) is 48.0 Å². The molecule has 1 aliphatic rings. The number of hydrogen-bond acceptors (Lipinski definition) is 3. The number of ether oxygens (including phenoxy) is 1. The minimum Gasteiger partial charge on any atom is -0.405 e. The van der Waals surface area contributed by atoms with Crippen LogP contribution in [0, 0.1) is 0 Å². The lowest BCUT2D eigenvalue weighted by Gasteiger charge is -2.15. The van der Waals surface area contributed by atoms with Gasteiger partial charge in [0, 0.05) is 5.57 Å². The molecule has 2 rings (SSSR count). The second-order valence-electron chi connectivity index (χ2n) is 4.03. The van der Waals surface area contributed by atoms with Gasteiger partial charge in [-0.3, -0.25) is 0 Å². The Labute approximate surface area is 94.5 Å². The van der Waals surface area contributed by atoms with Gasteiger partial charge < -0.3 is 4.74 Å². The van der Waals surface area contributed by atoms with E-state index in [-0.39, 0.29) is 5.97 Å². The van der Waals surface area contributed by atoms with Crippen LogP contribution >= 0.6 is 0 Å². The molecule has 16 heavy (non-hydrogen) atoms. The third kappa shape index (κ3) is 1.54. The minimum atomic E-state index is -0.935. The summed E-state index contributed by atoms with van der Waals surface area (Å²) in [5, 5.41) is 0. The second-order valence-corrected chi connectivity index (χ2v) is 4.03. The summed E-state index contributed by atoms with van der Waals surface area (Å²) < 4.78 is 5.10. The van der Waals surface area contributed by atoms with E-state index in [9.17, 15) is 4.79 Å². The Morgan fingerprint density at radius 2 is 2.00 bits per heavy atom. The molecule has 0 N–H and O–H groups in total. The number of carbonyl (C=O) groups excluding carboxylic acids is 1. The quantitative estimate of drug-likeness (QED) is 0.711. The fraction of sp³-hybridized carbons (Fsp3) is 0.231. The van der Waals surface area contributed by atoms with Crippen molar-refractivity contribution in [1.29, 1.82) is 0 Å². The molecule has 0 bridgehead atoms. The summed E-state index contributed by atoms with van der Waals surface area (Å²) in [6.45, 7) is 7.24. The summed E-state index contributed by atoms with van der Waals surface area (Å²) in [5.74, 6) is -0.0203. The largest absolute Gasteiger partial charge is 0.405 e. The first-order valence-corrected chi connectivity index (χ1v) is 5.07. The number of esters is 1. The van der Waals surface area contributed by atoms with Crippen molar-refractivity contribution < 1.29 is 9.53 Å². The van der Waals surface area contributed by atoms with Crippen LogP contribution in [0.25, 0.3) is 0 Å². The van der Waals surface area contributed by atoms with Gasteiger partial charge in [-0.2, -0.15) is 0 Å². The first kappa shape index (κ1) is 10.6. The van der Waals surface area contributed by atoms with E-state index in [0.29, 0.717) is 11.5 Å². The van der Waals surface area contributed by atoms with Gasteiger partial charge in [-0.1, -0.05) is 36.9 Å². The number of nitrogens with zero attached hydrogens (tertiary/aromatic N) is 1. The molecule has 0 radical (unpaired) electrons. The zero-order valence-corrected chi connectivity index (χ0v) is 9.36. The van der Waals surface area contributed by atoms with E-state index in [1.54, 1.807) is 13.8 Å². The summed E-state index contributed by atoms with van der Waals surface area (Å²) >= 11 is 0. The van der Waals surface area contributed by atoms with Crippen LogP contribution in [0.5, 0.6) is 0 Å². The van der Waals surface area contributed by atoms with Gasteiger partial charge >= 0.3 is 5.97 Å². The van der Waals surface area contributed by atoms with Gasteiger partial charge in [-0.05, 0) is 19.4 Å². The fourth-order valence-corrected chi connectivity index (χ4v) is 1.59. The van der Waals surface area contributed by atoms with Gasteiger partial charge in [-0.15, -0.1) is 0 Å². The molecule has 82 valence electrons. The average Bonchev–Trinajstić information content (AvgIpc) is 2.58. The van der Waals surface area contributed by atoms with E-state index in [2.05, 4.69) is 11.6 Å². The molecular formula is C13H13NO2. The van der Waals surface area contributed by atoms with E-state index < -0.39 is 5.54 Å². The lowest BCUT2D eigenvalue weighted by molar-refractivity contribution is -0.138. The minimum absolute atomic E-state index is 0.330. The fourth-order valence-electron chi connectivity index (χ4n) is 1.59. The van der Waals surface area contributed by atoms with Gasteiger partial charge in [0.15, 0.2) is 5.54 Å². The summed E-state index contributed by atoms with van der Waals surface area (Å²) in [7, 11) is 0. The molecule has 0 amide bonds. The van der Waals surface area contributed by atoms with Crippen LogP contribution in [-0.2, 0) is 15.1 Å². The average molecular weight is 215 g/mol. The number of hydrogen-bond donors (Lipinski definition) is 0. The van der Waals surface area contributed by atoms with E-state index in [1.165, 1.54) is 0 Å². The zero-order valence-electron chi connectivity index (χ0n) is 9.36. The molecule has 1 aromatic rings. The van der Waals surface area contributed by atoms with Crippen LogP contribution in [-0.4, -0.2) is 11.9 Å². The van der Waals surface area contributed by atoms with Gasteiger partial charge in [0.25, 0.3) is 0 Å². The highest BCUT2D eigenvalue weighted by atomic mass is 16.6. The predicted octanol–water partition coefficient (Wildman–Crippen LogP) is 2.43. The van der Waals surface area contributed by atoms with Gasteiger partial charge in [-0.25, -0.2) is 9.79 Å². The van der Waals surface area contributed by atoms with Crippen molar-refractivity contribution >= 4 is 11.9 Å². The lowest BCUT2D eigenvalue weighted by Crippen LogP contribution is -2.26. The maximum absolute atomic E-state index is 11.8. The first-order chi connectivity index (χ1) is 7.54. The Morgan fingerprint density at radius 1 is 1.38 bits per heavy atom. The van der Waals surface area contributed by atoms with Crippen LogP contribution in [0.3, 0.4) is 0 Å². The molecule has 3 nitrogen and oxygen atoms in total. The molecule has 1 aromatic carbocycles. The van der Waals surface area contributed by atoms with Gasteiger partial charge in [0.2, 0.25) is 5.90 Å². The molecule has 3 heteroatoms. The SMILES string of the molecule is C=C(C)C1=NC(C)(c2ccccc2)C(=O)O1. The van der Waals surface area contributed by atoms with Crippen molar-refractivity contribution in [2.75, 3.05) is 0 Å². The van der Waals surface area contributed by atoms with Crippen molar-refractivity contribution in [2.45, 2.75) is 19.4 Å². The summed E-state index contributed by atoms with van der Waals surface area (Å²) in [4.78, 5) is 16.1.